The van der Waals surface area contributed by atoms with Crippen molar-refractivity contribution >= 4 is 64.9 Å². The van der Waals surface area contributed by atoms with Gasteiger partial charge in [0.15, 0.2) is 0 Å². The van der Waals surface area contributed by atoms with Crippen LogP contribution in [0.5, 0.6) is 0 Å². The number of halogens is 4. The molecule has 1 heterocycles. The Morgan fingerprint density at radius 3 is 2.36 bits per heavy atom. The summed E-state index contributed by atoms with van der Waals surface area (Å²) >= 11 is 19.4. The molecule has 0 spiro atoms. The minimum Gasteiger partial charge on any atom is -0.463 e. The van der Waals surface area contributed by atoms with Crippen LogP contribution in [0.1, 0.15) is 13.8 Å². The number of carbonyl (C=O) groups is 1. The number of rotatable bonds is 6. The van der Waals surface area contributed by atoms with Crippen LogP contribution in [0.2, 0.25) is 15.1 Å². The van der Waals surface area contributed by atoms with Gasteiger partial charge in [-0.05, 0) is 26.0 Å². The summed E-state index contributed by atoms with van der Waals surface area (Å²) in [7, 11) is 0. The molecule has 0 atom stereocenters. The van der Waals surface area contributed by atoms with Crippen LogP contribution in [0, 0.1) is 0 Å². The molecule has 4 nitrogen and oxygen atoms in total. The molecule has 1 aromatic carbocycles. The van der Waals surface area contributed by atoms with E-state index in [0.717, 1.165) is 31.2 Å². The lowest BCUT2D eigenvalue weighted by molar-refractivity contribution is -0.146. The first-order valence-corrected chi connectivity index (χ1v) is 9.55. The summed E-state index contributed by atoms with van der Waals surface area (Å²) in [4.78, 5) is 15.4. The number of ether oxygens (including phenoxy) is 2. The van der Waals surface area contributed by atoms with Crippen molar-refractivity contribution in [2.75, 3.05) is 39.5 Å². The summed E-state index contributed by atoms with van der Waals surface area (Å²) < 4.78 is 9.96. The Morgan fingerprint density at radius 2 is 1.80 bits per heavy atom. The molecule has 0 radical (unpaired) electrons. The van der Waals surface area contributed by atoms with Gasteiger partial charge in [0.25, 0.3) is 0 Å². The third-order valence-corrected chi connectivity index (χ3v) is 5.91. The van der Waals surface area contributed by atoms with Gasteiger partial charge in [-0.25, -0.2) is 0 Å². The van der Waals surface area contributed by atoms with Crippen LogP contribution in [0.25, 0.3) is 0 Å². The number of thioether (sulfide) groups is 1. The third kappa shape index (κ3) is 6.98. The Bertz CT molecular complexity index is 572. The number of carbonyl (C=O) groups excluding carboxylic acids is 1. The number of nitrogens with zero attached hydrogens (tertiary/aromatic N) is 1. The number of hydrogen-bond acceptors (Lipinski definition) is 5. The van der Waals surface area contributed by atoms with Gasteiger partial charge in [-0.2, -0.15) is 0 Å². The van der Waals surface area contributed by atoms with E-state index in [1.165, 1.54) is 11.8 Å². The number of benzene rings is 1. The van der Waals surface area contributed by atoms with E-state index in [9.17, 15) is 4.79 Å². The summed E-state index contributed by atoms with van der Waals surface area (Å²) in [5.74, 6) is -0.275. The SMILES string of the molecule is CC(C)(Sc1cc(Cl)c(Cl)c(Cl)c1)C(=O)OCCN1CCOCC1.Cl. The van der Waals surface area contributed by atoms with Crippen molar-refractivity contribution in [1.29, 1.82) is 0 Å². The zero-order chi connectivity index (χ0) is 17.7. The number of hydrogen-bond donors (Lipinski definition) is 0. The molecule has 1 aliphatic heterocycles. The largest absolute Gasteiger partial charge is 0.463 e. The number of esters is 1. The fraction of sp³-hybridized carbons (Fsp3) is 0.562. The molecule has 1 aliphatic rings. The molecule has 0 bridgehead atoms. The van der Waals surface area contributed by atoms with Gasteiger partial charge in [0.1, 0.15) is 11.4 Å². The van der Waals surface area contributed by atoms with Gasteiger partial charge in [-0.1, -0.05) is 34.8 Å². The Morgan fingerprint density at radius 1 is 1.24 bits per heavy atom. The summed E-state index contributed by atoms with van der Waals surface area (Å²) in [6.45, 7) is 7.91. The lowest BCUT2D eigenvalue weighted by Crippen LogP contribution is -2.39. The zero-order valence-electron chi connectivity index (χ0n) is 14.0. The summed E-state index contributed by atoms with van der Waals surface area (Å²) in [6, 6.07) is 3.40. The molecule has 1 fully saturated rings. The first kappa shape index (κ1) is 23.2. The first-order chi connectivity index (χ1) is 11.3. The van der Waals surface area contributed by atoms with Crippen molar-refractivity contribution < 1.29 is 14.3 Å². The average molecular weight is 449 g/mol. The quantitative estimate of drug-likeness (QED) is 0.354. The average Bonchev–Trinajstić information content (AvgIpc) is 2.53. The molecule has 2 rings (SSSR count). The molecule has 0 unspecified atom stereocenters. The maximum Gasteiger partial charge on any atom is 0.322 e. The fourth-order valence-electron chi connectivity index (χ4n) is 2.19. The van der Waals surface area contributed by atoms with Crippen LogP contribution in [0.15, 0.2) is 17.0 Å². The van der Waals surface area contributed by atoms with Gasteiger partial charge in [0, 0.05) is 24.5 Å². The fourth-order valence-corrected chi connectivity index (χ4v) is 4.00. The van der Waals surface area contributed by atoms with E-state index in [1.54, 1.807) is 12.1 Å². The molecule has 0 aliphatic carbocycles. The van der Waals surface area contributed by atoms with E-state index in [0.29, 0.717) is 28.2 Å². The Balaban J connectivity index is 0.00000312. The Labute approximate surface area is 173 Å². The molecular weight excluding hydrogens is 428 g/mol. The molecule has 0 N–H and O–H groups in total. The first-order valence-electron chi connectivity index (χ1n) is 7.60. The second-order valence-corrected chi connectivity index (χ2v) is 8.79. The minimum atomic E-state index is -0.758. The van der Waals surface area contributed by atoms with E-state index in [4.69, 9.17) is 44.3 Å². The molecular formula is C16H21Cl4NO3S. The van der Waals surface area contributed by atoms with Gasteiger partial charge < -0.3 is 9.47 Å². The van der Waals surface area contributed by atoms with Gasteiger partial charge in [0.2, 0.25) is 0 Å². The predicted molar refractivity (Wildman–Crippen MR) is 107 cm³/mol. The standard InChI is InChI=1S/C16H20Cl3NO3S.ClH/c1-16(2,24-11-9-12(17)14(19)13(18)10-11)15(21)23-8-5-20-3-6-22-7-4-20;/h9-10H,3-8H2,1-2H3;1H. The normalized spacial score (nSPS) is 15.6. The van der Waals surface area contributed by atoms with Crippen LogP contribution >= 0.6 is 59.0 Å². The van der Waals surface area contributed by atoms with E-state index < -0.39 is 4.75 Å². The second-order valence-electron chi connectivity index (χ2n) is 5.90. The van der Waals surface area contributed by atoms with Gasteiger partial charge in [0.05, 0.1) is 28.3 Å². The highest BCUT2D eigenvalue weighted by molar-refractivity contribution is 8.01. The monoisotopic (exact) mass is 447 g/mol. The van der Waals surface area contributed by atoms with Crippen LogP contribution in [0.3, 0.4) is 0 Å². The Kier molecular flexibility index (Phi) is 9.68. The van der Waals surface area contributed by atoms with Gasteiger partial charge in [-0.15, -0.1) is 24.2 Å². The van der Waals surface area contributed by atoms with Crippen LogP contribution in [-0.2, 0) is 14.3 Å². The van der Waals surface area contributed by atoms with Gasteiger partial charge in [-0.3, -0.25) is 9.69 Å². The highest BCUT2D eigenvalue weighted by Crippen LogP contribution is 2.39. The summed E-state index contributed by atoms with van der Waals surface area (Å²) in [5.41, 5.74) is 0. The van der Waals surface area contributed by atoms with E-state index in [-0.39, 0.29) is 18.4 Å². The van der Waals surface area contributed by atoms with E-state index in [2.05, 4.69) is 4.90 Å². The number of morpholine rings is 1. The van der Waals surface area contributed by atoms with E-state index in [1.807, 2.05) is 13.8 Å². The third-order valence-electron chi connectivity index (χ3n) is 3.57. The smallest absolute Gasteiger partial charge is 0.322 e. The van der Waals surface area contributed by atoms with Crippen LogP contribution < -0.4 is 0 Å². The maximum absolute atomic E-state index is 12.4. The van der Waals surface area contributed by atoms with Crippen molar-refractivity contribution in [3.05, 3.63) is 27.2 Å². The van der Waals surface area contributed by atoms with Crippen molar-refractivity contribution in [3.63, 3.8) is 0 Å². The molecule has 0 amide bonds. The second kappa shape index (κ2) is 10.5. The summed E-state index contributed by atoms with van der Waals surface area (Å²) in [5, 5.41) is 1.04. The van der Waals surface area contributed by atoms with Crippen molar-refractivity contribution in [3.8, 4) is 0 Å². The van der Waals surface area contributed by atoms with Gasteiger partial charge >= 0.3 is 5.97 Å². The Hall–Kier alpha value is 0.120. The predicted octanol–water partition coefficient (Wildman–Crippen LogP) is 4.81. The van der Waals surface area contributed by atoms with Crippen molar-refractivity contribution in [1.82, 2.24) is 4.90 Å². The van der Waals surface area contributed by atoms with Crippen molar-refractivity contribution in [2.45, 2.75) is 23.5 Å². The van der Waals surface area contributed by atoms with Crippen molar-refractivity contribution in [2.24, 2.45) is 0 Å². The topological polar surface area (TPSA) is 38.8 Å². The zero-order valence-corrected chi connectivity index (χ0v) is 17.9. The molecule has 1 saturated heterocycles. The molecule has 142 valence electrons. The molecule has 9 heteroatoms. The highest BCUT2D eigenvalue weighted by atomic mass is 35.5. The maximum atomic E-state index is 12.4. The van der Waals surface area contributed by atoms with Crippen LogP contribution in [0.4, 0.5) is 0 Å². The van der Waals surface area contributed by atoms with E-state index >= 15 is 0 Å². The molecule has 0 aromatic heterocycles. The lowest BCUT2D eigenvalue weighted by atomic mass is 10.2. The lowest BCUT2D eigenvalue weighted by Gasteiger charge is -2.27. The highest BCUT2D eigenvalue weighted by Gasteiger charge is 2.31. The minimum absolute atomic E-state index is 0. The molecule has 25 heavy (non-hydrogen) atoms. The van der Waals surface area contributed by atoms with Crippen LogP contribution in [-0.4, -0.2) is 55.1 Å². The molecule has 0 saturated carbocycles. The molecule has 1 aromatic rings. The summed E-state index contributed by atoms with van der Waals surface area (Å²) in [6.07, 6.45) is 0.